The molecule has 0 aliphatic heterocycles. The molecule has 0 spiro atoms. The molecule has 0 saturated heterocycles. The van der Waals surface area contributed by atoms with Crippen molar-refractivity contribution in [2.45, 2.75) is 38.8 Å². The van der Waals surface area contributed by atoms with E-state index in [9.17, 15) is 5.11 Å². The summed E-state index contributed by atoms with van der Waals surface area (Å²) < 4.78 is 5.29. The predicted molar refractivity (Wildman–Crippen MR) is 83.0 cm³/mol. The number of hydrogen-bond acceptors (Lipinski definition) is 4. The highest BCUT2D eigenvalue weighted by Crippen LogP contribution is 2.26. The van der Waals surface area contributed by atoms with Crippen LogP contribution in [0, 0.1) is 0 Å². The van der Waals surface area contributed by atoms with Crippen LogP contribution in [0.15, 0.2) is 24.3 Å². The van der Waals surface area contributed by atoms with E-state index in [1.807, 2.05) is 18.2 Å². The second kappa shape index (κ2) is 8.95. The number of ether oxygens (including phenoxy) is 1. The molecule has 3 N–H and O–H groups in total. The van der Waals surface area contributed by atoms with E-state index in [4.69, 9.17) is 10.5 Å². The first-order valence-electron chi connectivity index (χ1n) is 7.42. The van der Waals surface area contributed by atoms with Crippen LogP contribution in [0.1, 0.15) is 38.3 Å². The predicted octanol–water partition coefficient (Wildman–Crippen LogP) is 2.18. The Kier molecular flexibility index (Phi) is 7.59. The maximum atomic E-state index is 9.36. The van der Waals surface area contributed by atoms with E-state index in [1.54, 1.807) is 7.11 Å². The van der Waals surface area contributed by atoms with Crippen molar-refractivity contribution in [2.75, 3.05) is 26.8 Å². The Morgan fingerprint density at radius 2 is 2.00 bits per heavy atom. The van der Waals surface area contributed by atoms with Gasteiger partial charge >= 0.3 is 0 Å². The van der Waals surface area contributed by atoms with Gasteiger partial charge in [-0.1, -0.05) is 26.0 Å². The lowest BCUT2D eigenvalue weighted by Gasteiger charge is -2.37. The van der Waals surface area contributed by atoms with E-state index < -0.39 is 0 Å². The Balaban J connectivity index is 3.04. The van der Waals surface area contributed by atoms with Crippen LogP contribution in [0.5, 0.6) is 5.75 Å². The molecule has 1 rings (SSSR count). The smallest absolute Gasteiger partial charge is 0.119 e. The molecule has 0 fully saturated rings. The molecule has 4 nitrogen and oxygen atoms in total. The van der Waals surface area contributed by atoms with Crippen molar-refractivity contribution in [3.05, 3.63) is 29.8 Å². The average Bonchev–Trinajstić information content (AvgIpc) is 2.49. The SMILES string of the molecule is CCC(CC)N(CCO)C(CN)c1cccc(OC)c1. The molecule has 0 amide bonds. The Hall–Kier alpha value is -1.10. The van der Waals surface area contributed by atoms with Crippen LogP contribution in [0.25, 0.3) is 0 Å². The summed E-state index contributed by atoms with van der Waals surface area (Å²) in [6.45, 7) is 5.68. The van der Waals surface area contributed by atoms with Gasteiger partial charge in [0.2, 0.25) is 0 Å². The molecule has 0 saturated carbocycles. The monoisotopic (exact) mass is 280 g/mol. The van der Waals surface area contributed by atoms with Crippen LogP contribution in [0.3, 0.4) is 0 Å². The summed E-state index contributed by atoms with van der Waals surface area (Å²) in [5.74, 6) is 0.842. The summed E-state index contributed by atoms with van der Waals surface area (Å²) in [5.41, 5.74) is 7.16. The van der Waals surface area contributed by atoms with Crippen LogP contribution < -0.4 is 10.5 Å². The zero-order valence-electron chi connectivity index (χ0n) is 12.9. The van der Waals surface area contributed by atoms with E-state index >= 15 is 0 Å². The fourth-order valence-electron chi connectivity index (χ4n) is 2.78. The molecule has 0 aromatic heterocycles. The molecule has 1 atom stereocenters. The topological polar surface area (TPSA) is 58.7 Å². The molecule has 1 aromatic rings. The van der Waals surface area contributed by atoms with Gasteiger partial charge in [-0.15, -0.1) is 0 Å². The molecule has 20 heavy (non-hydrogen) atoms. The minimum atomic E-state index is 0.113. The molecule has 0 heterocycles. The van der Waals surface area contributed by atoms with E-state index in [2.05, 4.69) is 24.8 Å². The second-order valence-corrected chi connectivity index (χ2v) is 4.96. The summed E-state index contributed by atoms with van der Waals surface area (Å²) >= 11 is 0. The fourth-order valence-corrected chi connectivity index (χ4v) is 2.78. The van der Waals surface area contributed by atoms with E-state index in [0.29, 0.717) is 19.1 Å². The highest BCUT2D eigenvalue weighted by Gasteiger charge is 2.24. The van der Waals surface area contributed by atoms with E-state index in [1.165, 1.54) is 0 Å². The number of nitrogens with zero attached hydrogens (tertiary/aromatic N) is 1. The third-order valence-electron chi connectivity index (χ3n) is 3.87. The molecule has 1 unspecified atom stereocenters. The molecular formula is C16H28N2O2. The quantitative estimate of drug-likeness (QED) is 0.728. The number of methoxy groups -OCH3 is 1. The van der Waals surface area contributed by atoms with Crippen molar-refractivity contribution in [3.8, 4) is 5.75 Å². The molecule has 0 bridgehead atoms. The van der Waals surface area contributed by atoms with Crippen LogP contribution in [-0.2, 0) is 0 Å². The fraction of sp³-hybridized carbons (Fsp3) is 0.625. The summed E-state index contributed by atoms with van der Waals surface area (Å²) in [4.78, 5) is 2.31. The van der Waals surface area contributed by atoms with Crippen LogP contribution in [-0.4, -0.2) is 42.9 Å². The van der Waals surface area contributed by atoms with Gasteiger partial charge in [0.05, 0.1) is 13.7 Å². The molecule has 0 radical (unpaired) electrons. The lowest BCUT2D eigenvalue weighted by Crippen LogP contribution is -2.42. The first kappa shape index (κ1) is 17.0. The standard InChI is InChI=1S/C16H28N2O2/c1-4-14(5-2)18(9-10-19)16(12-17)13-7-6-8-15(11-13)20-3/h6-8,11,14,16,19H,4-5,9-10,12,17H2,1-3H3. The Morgan fingerprint density at radius 3 is 2.50 bits per heavy atom. The second-order valence-electron chi connectivity index (χ2n) is 4.96. The Labute approximate surface area is 122 Å². The molecule has 0 aliphatic rings. The lowest BCUT2D eigenvalue weighted by molar-refractivity contribution is 0.0994. The number of nitrogens with two attached hydrogens (primary N) is 1. The van der Waals surface area contributed by atoms with Gasteiger partial charge in [-0.3, -0.25) is 4.90 Å². The van der Waals surface area contributed by atoms with Crippen LogP contribution >= 0.6 is 0 Å². The van der Waals surface area contributed by atoms with E-state index in [-0.39, 0.29) is 12.6 Å². The van der Waals surface area contributed by atoms with Crippen molar-refractivity contribution in [2.24, 2.45) is 5.73 Å². The van der Waals surface area contributed by atoms with Gasteiger partial charge in [0.15, 0.2) is 0 Å². The van der Waals surface area contributed by atoms with Gasteiger partial charge < -0.3 is 15.6 Å². The van der Waals surface area contributed by atoms with Crippen molar-refractivity contribution in [3.63, 3.8) is 0 Å². The van der Waals surface area contributed by atoms with Crippen LogP contribution in [0.4, 0.5) is 0 Å². The Morgan fingerprint density at radius 1 is 1.30 bits per heavy atom. The first-order valence-corrected chi connectivity index (χ1v) is 7.42. The zero-order valence-corrected chi connectivity index (χ0v) is 12.9. The van der Waals surface area contributed by atoms with Gasteiger partial charge in [-0.05, 0) is 30.5 Å². The molecular weight excluding hydrogens is 252 g/mol. The largest absolute Gasteiger partial charge is 0.497 e. The highest BCUT2D eigenvalue weighted by atomic mass is 16.5. The normalized spacial score (nSPS) is 12.9. The van der Waals surface area contributed by atoms with Crippen molar-refractivity contribution >= 4 is 0 Å². The molecule has 4 heteroatoms. The summed E-state index contributed by atoms with van der Waals surface area (Å²) in [7, 11) is 1.67. The lowest BCUT2D eigenvalue weighted by atomic mass is 10.0. The molecule has 1 aromatic carbocycles. The van der Waals surface area contributed by atoms with Gasteiger partial charge in [0.1, 0.15) is 5.75 Å². The summed E-state index contributed by atoms with van der Waals surface area (Å²) in [6, 6.07) is 8.58. The number of aliphatic hydroxyl groups excluding tert-OH is 1. The summed E-state index contributed by atoms with van der Waals surface area (Å²) in [5, 5.41) is 9.36. The maximum absolute atomic E-state index is 9.36. The molecule has 0 aliphatic carbocycles. The minimum absolute atomic E-state index is 0.113. The van der Waals surface area contributed by atoms with Crippen molar-refractivity contribution in [1.29, 1.82) is 0 Å². The van der Waals surface area contributed by atoms with Gasteiger partial charge in [-0.25, -0.2) is 0 Å². The zero-order chi connectivity index (χ0) is 15.0. The minimum Gasteiger partial charge on any atom is -0.497 e. The number of aliphatic hydroxyl groups is 1. The van der Waals surface area contributed by atoms with Gasteiger partial charge in [0.25, 0.3) is 0 Å². The maximum Gasteiger partial charge on any atom is 0.119 e. The number of hydrogen-bond donors (Lipinski definition) is 2. The first-order chi connectivity index (χ1) is 9.71. The average molecular weight is 280 g/mol. The third-order valence-corrected chi connectivity index (χ3v) is 3.87. The summed E-state index contributed by atoms with van der Waals surface area (Å²) in [6.07, 6.45) is 2.11. The van der Waals surface area contributed by atoms with Gasteiger partial charge in [-0.2, -0.15) is 0 Å². The highest BCUT2D eigenvalue weighted by molar-refractivity contribution is 5.31. The van der Waals surface area contributed by atoms with E-state index in [0.717, 1.165) is 24.2 Å². The molecule has 114 valence electrons. The van der Waals surface area contributed by atoms with Gasteiger partial charge in [0, 0.05) is 25.2 Å². The van der Waals surface area contributed by atoms with Crippen molar-refractivity contribution in [1.82, 2.24) is 4.90 Å². The number of benzene rings is 1. The Bertz CT molecular complexity index is 380. The number of rotatable bonds is 9. The van der Waals surface area contributed by atoms with Crippen LogP contribution in [0.2, 0.25) is 0 Å². The third kappa shape index (κ3) is 4.20. The van der Waals surface area contributed by atoms with Crippen molar-refractivity contribution < 1.29 is 9.84 Å².